The number of Topliss-reactive ketones (excluding diaryl/α,β-unsaturated/α-hetero) is 1. The predicted octanol–water partition coefficient (Wildman–Crippen LogP) is 0.250. The minimum absolute atomic E-state index is 0.120. The van der Waals surface area contributed by atoms with E-state index in [2.05, 4.69) is 14.8 Å². The monoisotopic (exact) mass is 308 g/mol. The van der Waals surface area contributed by atoms with Crippen LogP contribution in [0.3, 0.4) is 0 Å². The van der Waals surface area contributed by atoms with Crippen molar-refractivity contribution in [1.29, 1.82) is 0 Å². The summed E-state index contributed by atoms with van der Waals surface area (Å²) in [6.45, 7) is 12.5. The van der Waals surface area contributed by atoms with Gasteiger partial charge in [0.25, 0.3) is 0 Å². The molecule has 0 saturated carbocycles. The molecule has 8 heteroatoms. The summed E-state index contributed by atoms with van der Waals surface area (Å²) in [5, 5.41) is 5.05. The van der Waals surface area contributed by atoms with E-state index in [-0.39, 0.29) is 18.4 Å². The number of carbonyl (C=O) groups is 2. The van der Waals surface area contributed by atoms with Crippen molar-refractivity contribution in [3.63, 3.8) is 0 Å². The van der Waals surface area contributed by atoms with Crippen molar-refractivity contribution in [2.75, 3.05) is 45.9 Å². The van der Waals surface area contributed by atoms with Gasteiger partial charge in [0.05, 0.1) is 31.9 Å². The van der Waals surface area contributed by atoms with Crippen molar-refractivity contribution >= 4 is 18.1 Å². The van der Waals surface area contributed by atoms with Crippen molar-refractivity contribution in [2.24, 2.45) is 11.0 Å². The highest BCUT2D eigenvalue weighted by molar-refractivity contribution is 6.28. The highest BCUT2D eigenvalue weighted by Crippen LogP contribution is 2.13. The van der Waals surface area contributed by atoms with Crippen LogP contribution >= 0.6 is 0 Å². The van der Waals surface area contributed by atoms with E-state index in [4.69, 9.17) is 16.0 Å². The fraction of sp³-hybridized carbons (Fsp3) is 0.714. The number of hydrogen-bond acceptors (Lipinski definition) is 6. The van der Waals surface area contributed by atoms with E-state index in [1.165, 1.54) is 0 Å². The molecule has 2 unspecified atom stereocenters. The van der Waals surface area contributed by atoms with Gasteiger partial charge in [0, 0.05) is 19.6 Å². The number of nitrogens with zero attached hydrogens (tertiary/aromatic N) is 4. The van der Waals surface area contributed by atoms with E-state index in [0.29, 0.717) is 26.3 Å². The average Bonchev–Trinajstić information content (AvgIpc) is 2.85. The largest absolute Gasteiger partial charge is 0.441 e. The van der Waals surface area contributed by atoms with Crippen molar-refractivity contribution in [2.45, 2.75) is 13.0 Å². The molecule has 22 heavy (non-hydrogen) atoms. The summed E-state index contributed by atoms with van der Waals surface area (Å²) >= 11 is 0. The van der Waals surface area contributed by atoms with Gasteiger partial charge in [0.2, 0.25) is 6.54 Å². The lowest BCUT2D eigenvalue weighted by Crippen LogP contribution is -2.41. The normalized spacial score (nSPS) is 24.3. The molecule has 2 heterocycles. The Morgan fingerprint density at radius 1 is 1.55 bits per heavy atom. The number of ether oxygens (including phenoxy) is 2. The molecule has 2 aliphatic rings. The Balaban J connectivity index is 1.81. The summed E-state index contributed by atoms with van der Waals surface area (Å²) in [6, 6.07) is 0. The van der Waals surface area contributed by atoms with Crippen molar-refractivity contribution in [1.82, 2.24) is 9.91 Å². The Kier molecular flexibility index (Phi) is 5.86. The van der Waals surface area contributed by atoms with Crippen LogP contribution in [0, 0.1) is 12.5 Å². The zero-order valence-electron chi connectivity index (χ0n) is 12.6. The number of hydrazone groups is 1. The number of carbonyl (C=O) groups excluding carboxylic acids is 2. The topological polar surface area (TPSA) is 75.8 Å². The zero-order valence-corrected chi connectivity index (χ0v) is 12.6. The Labute approximate surface area is 129 Å². The third-order valence-corrected chi connectivity index (χ3v) is 3.60. The molecule has 0 bridgehead atoms. The van der Waals surface area contributed by atoms with Crippen LogP contribution < -0.4 is 0 Å². The van der Waals surface area contributed by atoms with Crippen molar-refractivity contribution < 1.29 is 19.1 Å². The molecule has 2 aliphatic heterocycles. The predicted molar refractivity (Wildman–Crippen MR) is 78.4 cm³/mol. The molecule has 1 amide bonds. The Bertz CT molecular complexity index is 482. The molecule has 2 fully saturated rings. The third-order valence-electron chi connectivity index (χ3n) is 3.60. The Morgan fingerprint density at radius 3 is 2.95 bits per heavy atom. The smallest absolute Gasteiger partial charge is 0.430 e. The van der Waals surface area contributed by atoms with E-state index in [1.54, 1.807) is 6.92 Å². The van der Waals surface area contributed by atoms with Crippen LogP contribution in [0.2, 0.25) is 0 Å². The van der Waals surface area contributed by atoms with E-state index in [0.717, 1.165) is 24.3 Å². The lowest BCUT2D eigenvalue weighted by molar-refractivity contribution is -0.115. The van der Waals surface area contributed by atoms with Crippen LogP contribution in [-0.4, -0.2) is 80.0 Å². The first-order valence-corrected chi connectivity index (χ1v) is 7.29. The molecule has 0 aromatic carbocycles. The summed E-state index contributed by atoms with van der Waals surface area (Å²) in [7, 11) is 0. The number of cyclic esters (lactones) is 1. The third kappa shape index (κ3) is 4.51. The van der Waals surface area contributed by atoms with Crippen LogP contribution in [0.5, 0.6) is 0 Å². The molecular weight excluding hydrogens is 288 g/mol. The SMILES string of the molecule is [C-]#[N+]CC(C)C(=O)/C=N/N1CC(CN2CCOCC2)OC1=O. The van der Waals surface area contributed by atoms with Crippen LogP contribution in [0.15, 0.2) is 5.10 Å². The Morgan fingerprint density at radius 2 is 2.27 bits per heavy atom. The molecule has 0 spiro atoms. The summed E-state index contributed by atoms with van der Waals surface area (Å²) in [5.41, 5.74) is 0. The van der Waals surface area contributed by atoms with E-state index in [1.807, 2.05) is 0 Å². The standard InChI is InChI=1S/C14H20N4O4/c1-11(7-15-2)13(19)8-16-18-10-12(22-14(18)20)9-17-3-5-21-6-4-17/h8,11-12H,3-7,9-10H2,1H3/b16-8+. The molecule has 0 aromatic heterocycles. The maximum absolute atomic E-state index is 11.7. The Hall–Kier alpha value is -1.98. The van der Waals surface area contributed by atoms with Gasteiger partial charge >= 0.3 is 6.09 Å². The quantitative estimate of drug-likeness (QED) is 0.519. The number of amides is 1. The van der Waals surface area contributed by atoms with E-state index < -0.39 is 12.0 Å². The minimum atomic E-state index is -0.542. The van der Waals surface area contributed by atoms with Crippen LogP contribution in [0.25, 0.3) is 4.85 Å². The summed E-state index contributed by atoms with van der Waals surface area (Å²) < 4.78 is 10.5. The first-order chi connectivity index (χ1) is 10.6. The second kappa shape index (κ2) is 7.87. The first-order valence-electron chi connectivity index (χ1n) is 7.29. The first kappa shape index (κ1) is 16.4. The number of ketones is 1. The van der Waals surface area contributed by atoms with Crippen LogP contribution in [-0.2, 0) is 14.3 Å². The summed E-state index contributed by atoms with van der Waals surface area (Å²) in [6.07, 6.45) is 0.312. The second-order valence-electron chi connectivity index (χ2n) is 5.39. The lowest BCUT2D eigenvalue weighted by atomic mass is 10.1. The molecule has 0 aliphatic carbocycles. The number of morpholine rings is 1. The lowest BCUT2D eigenvalue weighted by Gasteiger charge is -2.27. The van der Waals surface area contributed by atoms with Gasteiger partial charge in [-0.25, -0.2) is 11.4 Å². The molecule has 2 atom stereocenters. The van der Waals surface area contributed by atoms with Gasteiger partial charge in [-0.2, -0.15) is 10.1 Å². The van der Waals surface area contributed by atoms with Gasteiger partial charge in [-0.15, -0.1) is 0 Å². The van der Waals surface area contributed by atoms with Crippen LogP contribution in [0.1, 0.15) is 6.92 Å². The van der Waals surface area contributed by atoms with Gasteiger partial charge in [-0.05, 0) is 6.92 Å². The molecule has 120 valence electrons. The number of rotatable bonds is 6. The molecule has 8 nitrogen and oxygen atoms in total. The fourth-order valence-electron chi connectivity index (χ4n) is 2.25. The van der Waals surface area contributed by atoms with Crippen molar-refractivity contribution in [3.8, 4) is 0 Å². The molecule has 0 aromatic rings. The molecule has 2 saturated heterocycles. The van der Waals surface area contributed by atoms with Gasteiger partial charge in [-0.3, -0.25) is 9.69 Å². The maximum atomic E-state index is 11.7. The molecule has 2 rings (SSSR count). The van der Waals surface area contributed by atoms with E-state index >= 15 is 0 Å². The average molecular weight is 308 g/mol. The van der Waals surface area contributed by atoms with Gasteiger partial charge in [0.1, 0.15) is 6.10 Å². The van der Waals surface area contributed by atoms with Gasteiger partial charge < -0.3 is 14.3 Å². The van der Waals surface area contributed by atoms with Gasteiger partial charge in [0.15, 0.2) is 5.78 Å². The molecule has 0 N–H and O–H groups in total. The van der Waals surface area contributed by atoms with E-state index in [9.17, 15) is 9.59 Å². The highest BCUT2D eigenvalue weighted by atomic mass is 16.6. The maximum Gasteiger partial charge on any atom is 0.430 e. The fourth-order valence-corrected chi connectivity index (χ4v) is 2.25. The minimum Gasteiger partial charge on any atom is -0.441 e. The highest BCUT2D eigenvalue weighted by Gasteiger charge is 2.33. The second-order valence-corrected chi connectivity index (χ2v) is 5.39. The summed E-state index contributed by atoms with van der Waals surface area (Å²) in [5.74, 6) is -0.676. The summed E-state index contributed by atoms with van der Waals surface area (Å²) in [4.78, 5) is 28.8. The zero-order chi connectivity index (χ0) is 15.9. The number of hydrogen-bond donors (Lipinski definition) is 0. The molecular formula is C14H20N4O4. The van der Waals surface area contributed by atoms with Gasteiger partial charge in [-0.1, -0.05) is 0 Å². The van der Waals surface area contributed by atoms with Crippen LogP contribution in [0.4, 0.5) is 4.79 Å². The van der Waals surface area contributed by atoms with Crippen molar-refractivity contribution in [3.05, 3.63) is 11.4 Å². The molecule has 0 radical (unpaired) electrons.